The molecule has 0 unspecified atom stereocenters. The standard InChI is InChI=1S/C8H10N4O2/c1-3-4-11-7(5-9)8(12(13)14)6(2)10-11/h3-4H2,1-2H3. The first-order valence-electron chi connectivity index (χ1n) is 4.23. The summed E-state index contributed by atoms with van der Waals surface area (Å²) in [6.07, 6.45) is 0.785. The van der Waals surface area contributed by atoms with E-state index in [1.54, 1.807) is 0 Å². The fraction of sp³-hybridized carbons (Fsp3) is 0.500. The highest BCUT2D eigenvalue weighted by Crippen LogP contribution is 2.21. The molecule has 0 radical (unpaired) electrons. The lowest BCUT2D eigenvalue weighted by atomic mass is 10.3. The Hall–Kier alpha value is -1.90. The molecule has 0 saturated carbocycles. The molecule has 0 atom stereocenters. The molecule has 6 heteroatoms. The van der Waals surface area contributed by atoms with Crippen LogP contribution in [0, 0.1) is 28.4 Å². The highest BCUT2D eigenvalue weighted by molar-refractivity contribution is 5.47. The molecular weight excluding hydrogens is 184 g/mol. The molecule has 74 valence electrons. The predicted octanol–water partition coefficient (Wildman–Crippen LogP) is 1.38. The van der Waals surface area contributed by atoms with Crippen LogP contribution in [0.5, 0.6) is 0 Å². The molecule has 6 nitrogen and oxygen atoms in total. The van der Waals surface area contributed by atoms with Crippen molar-refractivity contribution < 1.29 is 4.92 Å². The molecule has 0 aliphatic rings. The van der Waals surface area contributed by atoms with E-state index in [9.17, 15) is 10.1 Å². The normalized spacial score (nSPS) is 9.79. The summed E-state index contributed by atoms with van der Waals surface area (Å²) in [6, 6.07) is 1.81. The average molecular weight is 194 g/mol. The Kier molecular flexibility index (Phi) is 2.82. The van der Waals surface area contributed by atoms with Crippen LogP contribution >= 0.6 is 0 Å². The number of aryl methyl sites for hydroxylation is 2. The summed E-state index contributed by atoms with van der Waals surface area (Å²) in [5.74, 6) is 0. The summed E-state index contributed by atoms with van der Waals surface area (Å²) in [5.41, 5.74) is 0.148. The van der Waals surface area contributed by atoms with Gasteiger partial charge in [0.15, 0.2) is 0 Å². The molecule has 0 fully saturated rings. The van der Waals surface area contributed by atoms with Crippen LogP contribution in [-0.4, -0.2) is 14.7 Å². The third kappa shape index (κ3) is 1.57. The van der Waals surface area contributed by atoms with E-state index < -0.39 is 4.92 Å². The SMILES string of the molecule is CCCn1nc(C)c([N+](=O)[O-])c1C#N. The van der Waals surface area contributed by atoms with Gasteiger partial charge in [0.2, 0.25) is 5.69 Å². The molecule has 1 aromatic rings. The molecule has 0 bridgehead atoms. The Morgan fingerprint density at radius 3 is 2.79 bits per heavy atom. The number of nitro groups is 1. The van der Waals surface area contributed by atoms with Gasteiger partial charge in [-0.2, -0.15) is 10.4 Å². The Balaban J connectivity index is 3.30. The summed E-state index contributed by atoms with van der Waals surface area (Å²) in [4.78, 5) is 10.1. The van der Waals surface area contributed by atoms with Gasteiger partial charge < -0.3 is 0 Å². The molecule has 0 aliphatic carbocycles. The van der Waals surface area contributed by atoms with Crippen molar-refractivity contribution in [2.75, 3.05) is 0 Å². The lowest BCUT2D eigenvalue weighted by molar-refractivity contribution is -0.385. The van der Waals surface area contributed by atoms with Crippen LogP contribution in [-0.2, 0) is 6.54 Å². The lowest BCUT2D eigenvalue weighted by Gasteiger charge is -1.96. The molecule has 0 amide bonds. The van der Waals surface area contributed by atoms with E-state index in [1.807, 2.05) is 13.0 Å². The zero-order valence-electron chi connectivity index (χ0n) is 8.02. The maximum atomic E-state index is 10.6. The van der Waals surface area contributed by atoms with Gasteiger partial charge in [-0.25, -0.2) is 4.68 Å². The van der Waals surface area contributed by atoms with Gasteiger partial charge >= 0.3 is 5.69 Å². The van der Waals surface area contributed by atoms with Crippen molar-refractivity contribution in [2.24, 2.45) is 0 Å². The molecule has 0 aliphatic heterocycles. The van der Waals surface area contributed by atoms with Crippen molar-refractivity contribution in [2.45, 2.75) is 26.8 Å². The summed E-state index contributed by atoms with van der Waals surface area (Å²) in [7, 11) is 0. The first-order chi connectivity index (χ1) is 6.61. The van der Waals surface area contributed by atoms with Crippen LogP contribution in [0.15, 0.2) is 0 Å². The third-order valence-electron chi connectivity index (χ3n) is 1.82. The Bertz CT molecular complexity index is 402. The minimum absolute atomic E-state index is 0.0364. The van der Waals surface area contributed by atoms with Crippen LogP contribution in [0.1, 0.15) is 24.7 Å². The van der Waals surface area contributed by atoms with Gasteiger partial charge in [0.25, 0.3) is 0 Å². The minimum Gasteiger partial charge on any atom is -0.258 e. The summed E-state index contributed by atoms with van der Waals surface area (Å²) in [5, 5.41) is 23.3. The summed E-state index contributed by atoms with van der Waals surface area (Å²) in [6.45, 7) is 3.98. The summed E-state index contributed by atoms with van der Waals surface area (Å²) < 4.78 is 1.38. The fourth-order valence-corrected chi connectivity index (χ4v) is 1.27. The topological polar surface area (TPSA) is 84.8 Å². The zero-order chi connectivity index (χ0) is 10.7. The van der Waals surface area contributed by atoms with Gasteiger partial charge in [-0.05, 0) is 13.3 Å². The van der Waals surface area contributed by atoms with E-state index in [0.29, 0.717) is 12.2 Å². The van der Waals surface area contributed by atoms with Crippen molar-refractivity contribution in [1.29, 1.82) is 5.26 Å². The first-order valence-corrected chi connectivity index (χ1v) is 4.23. The number of aromatic nitrogens is 2. The van der Waals surface area contributed by atoms with Crippen LogP contribution in [0.25, 0.3) is 0 Å². The molecule has 1 rings (SSSR count). The van der Waals surface area contributed by atoms with Crippen LogP contribution in [0.4, 0.5) is 5.69 Å². The van der Waals surface area contributed by atoms with Crippen molar-refractivity contribution in [1.82, 2.24) is 9.78 Å². The van der Waals surface area contributed by atoms with E-state index in [1.165, 1.54) is 11.6 Å². The van der Waals surface area contributed by atoms with Gasteiger partial charge in [0, 0.05) is 6.54 Å². The highest BCUT2D eigenvalue weighted by atomic mass is 16.6. The second-order valence-electron chi connectivity index (χ2n) is 2.87. The Morgan fingerprint density at radius 1 is 1.71 bits per heavy atom. The molecule has 0 saturated heterocycles. The van der Waals surface area contributed by atoms with Gasteiger partial charge in [0.05, 0.1) is 4.92 Å². The van der Waals surface area contributed by atoms with Crippen molar-refractivity contribution in [3.8, 4) is 6.07 Å². The summed E-state index contributed by atoms with van der Waals surface area (Å²) >= 11 is 0. The minimum atomic E-state index is -0.562. The average Bonchev–Trinajstić information content (AvgIpc) is 2.42. The maximum absolute atomic E-state index is 10.6. The lowest BCUT2D eigenvalue weighted by Crippen LogP contribution is -2.02. The van der Waals surface area contributed by atoms with Crippen LogP contribution in [0.2, 0.25) is 0 Å². The van der Waals surface area contributed by atoms with Gasteiger partial charge in [-0.15, -0.1) is 0 Å². The fourth-order valence-electron chi connectivity index (χ4n) is 1.27. The quantitative estimate of drug-likeness (QED) is 0.537. The van der Waals surface area contributed by atoms with Gasteiger partial charge in [-0.3, -0.25) is 10.1 Å². The van der Waals surface area contributed by atoms with Gasteiger partial charge in [0.1, 0.15) is 11.8 Å². The van der Waals surface area contributed by atoms with Crippen LogP contribution in [0.3, 0.4) is 0 Å². The second kappa shape index (κ2) is 3.87. The number of nitrogens with zero attached hydrogens (tertiary/aromatic N) is 4. The van der Waals surface area contributed by atoms with Crippen LogP contribution < -0.4 is 0 Å². The maximum Gasteiger partial charge on any atom is 0.327 e. The van der Waals surface area contributed by atoms with Crippen molar-refractivity contribution in [3.05, 3.63) is 21.5 Å². The van der Waals surface area contributed by atoms with E-state index >= 15 is 0 Å². The molecule has 1 heterocycles. The van der Waals surface area contributed by atoms with E-state index in [2.05, 4.69) is 5.10 Å². The van der Waals surface area contributed by atoms with E-state index in [-0.39, 0.29) is 11.4 Å². The predicted molar refractivity (Wildman–Crippen MR) is 48.6 cm³/mol. The van der Waals surface area contributed by atoms with Crippen molar-refractivity contribution in [3.63, 3.8) is 0 Å². The van der Waals surface area contributed by atoms with Crippen molar-refractivity contribution >= 4 is 5.69 Å². The highest BCUT2D eigenvalue weighted by Gasteiger charge is 2.24. The second-order valence-corrected chi connectivity index (χ2v) is 2.87. The largest absolute Gasteiger partial charge is 0.327 e. The molecular formula is C8H10N4O2. The number of rotatable bonds is 3. The molecule has 1 aromatic heterocycles. The zero-order valence-corrected chi connectivity index (χ0v) is 8.02. The smallest absolute Gasteiger partial charge is 0.258 e. The molecule has 14 heavy (non-hydrogen) atoms. The first kappa shape index (κ1) is 10.2. The van der Waals surface area contributed by atoms with Gasteiger partial charge in [-0.1, -0.05) is 6.92 Å². The Labute approximate surface area is 80.9 Å². The number of nitriles is 1. The number of hydrogen-bond donors (Lipinski definition) is 0. The monoisotopic (exact) mass is 194 g/mol. The molecule has 0 N–H and O–H groups in total. The molecule has 0 spiro atoms. The van der Waals surface area contributed by atoms with E-state index in [0.717, 1.165) is 6.42 Å². The molecule has 0 aromatic carbocycles. The van der Waals surface area contributed by atoms with E-state index in [4.69, 9.17) is 5.26 Å². The number of hydrogen-bond acceptors (Lipinski definition) is 4. The Morgan fingerprint density at radius 2 is 2.36 bits per heavy atom. The third-order valence-corrected chi connectivity index (χ3v) is 1.82.